The van der Waals surface area contributed by atoms with Crippen LogP contribution in [-0.2, 0) is 19.2 Å². The number of aliphatic hydroxyl groups is 1. The number of aliphatic hydroxyl groups excluding tert-OH is 1. The van der Waals surface area contributed by atoms with Crippen molar-refractivity contribution in [2.75, 3.05) is 18.1 Å². The molecule has 7 N–H and O–H groups in total. The number of hydrogen-bond acceptors (Lipinski definition) is 8. The van der Waals surface area contributed by atoms with E-state index >= 15 is 0 Å². The van der Waals surface area contributed by atoms with Gasteiger partial charge in [0.1, 0.15) is 18.1 Å². The predicted molar refractivity (Wildman–Crippen MR) is 101 cm³/mol. The number of amides is 3. The van der Waals surface area contributed by atoms with Crippen LogP contribution in [0.15, 0.2) is 0 Å². The van der Waals surface area contributed by atoms with Crippen molar-refractivity contribution < 1.29 is 29.4 Å². The molecule has 0 aromatic rings. The number of nitrogens with one attached hydrogen (secondary N) is 3. The molecule has 12 heteroatoms. The van der Waals surface area contributed by atoms with Gasteiger partial charge in [-0.2, -0.15) is 25.3 Å². The molecule has 0 heterocycles. The second kappa shape index (κ2) is 12.0. The molecule has 0 aliphatic rings. The van der Waals surface area contributed by atoms with E-state index in [1.54, 1.807) is 13.8 Å². The number of carbonyl (C=O) groups is 4. The van der Waals surface area contributed by atoms with Crippen LogP contribution in [-0.4, -0.2) is 76.2 Å². The maximum Gasteiger partial charge on any atom is 0.328 e. The molecule has 0 aliphatic heterocycles. The minimum atomic E-state index is -1.50. The van der Waals surface area contributed by atoms with Gasteiger partial charge >= 0.3 is 5.97 Å². The van der Waals surface area contributed by atoms with E-state index in [0.717, 1.165) is 0 Å². The maximum absolute atomic E-state index is 12.4. The zero-order chi connectivity index (χ0) is 20.4. The minimum absolute atomic E-state index is 0.0949. The number of hydrogen-bond donors (Lipinski definition) is 8. The van der Waals surface area contributed by atoms with E-state index in [0.29, 0.717) is 0 Å². The van der Waals surface area contributed by atoms with Crippen LogP contribution in [0.4, 0.5) is 0 Å². The zero-order valence-corrected chi connectivity index (χ0v) is 16.3. The summed E-state index contributed by atoms with van der Waals surface area (Å²) in [6, 6.07) is -4.51. The van der Waals surface area contributed by atoms with Crippen molar-refractivity contribution in [3.63, 3.8) is 0 Å². The van der Waals surface area contributed by atoms with Gasteiger partial charge in [0.2, 0.25) is 17.7 Å². The van der Waals surface area contributed by atoms with E-state index in [2.05, 4.69) is 41.2 Å². The molecule has 0 saturated heterocycles. The van der Waals surface area contributed by atoms with E-state index in [1.165, 1.54) is 0 Å². The summed E-state index contributed by atoms with van der Waals surface area (Å²) in [5.74, 6) is -3.79. The summed E-state index contributed by atoms with van der Waals surface area (Å²) in [5, 5.41) is 24.8. The van der Waals surface area contributed by atoms with Crippen molar-refractivity contribution in [3.05, 3.63) is 0 Å². The van der Waals surface area contributed by atoms with Gasteiger partial charge in [-0.15, -0.1) is 0 Å². The zero-order valence-electron chi connectivity index (χ0n) is 14.5. The smallest absolute Gasteiger partial charge is 0.328 e. The van der Waals surface area contributed by atoms with E-state index in [1.807, 2.05) is 0 Å². The Kier molecular flexibility index (Phi) is 11.3. The third-order valence-corrected chi connectivity index (χ3v) is 4.15. The molecule has 150 valence electrons. The van der Waals surface area contributed by atoms with E-state index in [9.17, 15) is 19.2 Å². The molecule has 0 saturated carbocycles. The van der Waals surface area contributed by atoms with Crippen LogP contribution in [0, 0.1) is 5.92 Å². The molecule has 0 aromatic heterocycles. The fourth-order valence-electron chi connectivity index (χ4n) is 1.79. The second-order valence-electron chi connectivity index (χ2n) is 5.85. The third kappa shape index (κ3) is 7.81. The van der Waals surface area contributed by atoms with Crippen LogP contribution in [0.5, 0.6) is 0 Å². The van der Waals surface area contributed by atoms with E-state index in [-0.39, 0.29) is 17.4 Å². The summed E-state index contributed by atoms with van der Waals surface area (Å²) in [6.45, 7) is 2.58. The topological polar surface area (TPSA) is 171 Å². The average molecular weight is 411 g/mol. The molecule has 26 heavy (non-hydrogen) atoms. The standard InChI is InChI=1S/C14H26N4O6S2/c1-6(2)10(18-11(20)7(15)4-25)13(22)17-9(5-26)12(21)16-8(3-19)14(23)24/h6-10,19,25-26H,3-5,15H2,1-2H3,(H,16,21)(H,17,22)(H,18,20)(H,23,24). The predicted octanol–water partition coefficient (Wildman–Crippen LogP) is -2.64. The molecule has 3 amide bonds. The Morgan fingerprint density at radius 1 is 0.923 bits per heavy atom. The molecule has 0 aliphatic carbocycles. The third-order valence-electron chi connectivity index (χ3n) is 3.39. The van der Waals surface area contributed by atoms with Crippen molar-refractivity contribution >= 4 is 48.9 Å². The molecular weight excluding hydrogens is 384 g/mol. The summed E-state index contributed by atoms with van der Waals surface area (Å²) in [5.41, 5.74) is 5.56. The molecule has 0 rings (SSSR count). The summed E-state index contributed by atoms with van der Waals surface area (Å²) < 4.78 is 0. The molecule has 0 radical (unpaired) electrons. The molecule has 10 nitrogen and oxygen atoms in total. The first-order valence-corrected chi connectivity index (χ1v) is 9.07. The highest BCUT2D eigenvalue weighted by Gasteiger charge is 2.30. The number of carboxylic acids is 1. The lowest BCUT2D eigenvalue weighted by Crippen LogP contribution is -2.59. The highest BCUT2D eigenvalue weighted by molar-refractivity contribution is 7.80. The van der Waals surface area contributed by atoms with Gasteiger partial charge in [0.25, 0.3) is 0 Å². The van der Waals surface area contributed by atoms with Crippen LogP contribution >= 0.6 is 25.3 Å². The van der Waals surface area contributed by atoms with Crippen molar-refractivity contribution in [1.82, 2.24) is 16.0 Å². The van der Waals surface area contributed by atoms with Gasteiger partial charge < -0.3 is 31.9 Å². The monoisotopic (exact) mass is 410 g/mol. The molecule has 4 unspecified atom stereocenters. The lowest BCUT2D eigenvalue weighted by Gasteiger charge is -2.26. The van der Waals surface area contributed by atoms with Crippen LogP contribution in [0.2, 0.25) is 0 Å². The van der Waals surface area contributed by atoms with Gasteiger partial charge in [-0.25, -0.2) is 4.79 Å². The lowest BCUT2D eigenvalue weighted by atomic mass is 10.0. The van der Waals surface area contributed by atoms with Crippen molar-refractivity contribution in [1.29, 1.82) is 0 Å². The maximum atomic E-state index is 12.4. The fourth-order valence-corrected chi connectivity index (χ4v) is 2.21. The summed E-state index contributed by atoms with van der Waals surface area (Å²) in [7, 11) is 0. The van der Waals surface area contributed by atoms with Gasteiger partial charge in [-0.05, 0) is 5.92 Å². The first-order chi connectivity index (χ1) is 12.1. The van der Waals surface area contributed by atoms with Crippen LogP contribution < -0.4 is 21.7 Å². The number of nitrogens with two attached hydrogens (primary N) is 1. The van der Waals surface area contributed by atoms with Gasteiger partial charge in [0.05, 0.1) is 12.6 Å². The molecule has 4 atom stereocenters. The Morgan fingerprint density at radius 2 is 1.46 bits per heavy atom. The van der Waals surface area contributed by atoms with Gasteiger partial charge in [-0.1, -0.05) is 13.8 Å². The highest BCUT2D eigenvalue weighted by atomic mass is 32.1. The number of aliphatic carboxylic acids is 1. The van der Waals surface area contributed by atoms with Crippen molar-refractivity contribution in [2.45, 2.75) is 38.0 Å². The first kappa shape index (κ1) is 24.5. The molecule has 0 aromatic carbocycles. The quantitative estimate of drug-likeness (QED) is 0.172. The number of carboxylic acid groups (broad SMARTS) is 1. The fraction of sp³-hybridized carbons (Fsp3) is 0.714. The summed E-state index contributed by atoms with van der Waals surface area (Å²) >= 11 is 7.89. The largest absolute Gasteiger partial charge is 0.480 e. The highest BCUT2D eigenvalue weighted by Crippen LogP contribution is 2.04. The molecule has 0 spiro atoms. The Balaban J connectivity index is 5.04. The van der Waals surface area contributed by atoms with Gasteiger partial charge in [0.15, 0.2) is 0 Å². The van der Waals surface area contributed by atoms with Gasteiger partial charge in [-0.3, -0.25) is 14.4 Å². The van der Waals surface area contributed by atoms with E-state index in [4.69, 9.17) is 15.9 Å². The summed E-state index contributed by atoms with van der Waals surface area (Å²) in [4.78, 5) is 47.3. The Hall–Kier alpha value is -1.50. The normalized spacial score (nSPS) is 15.5. The summed E-state index contributed by atoms with van der Waals surface area (Å²) in [6.07, 6.45) is 0. The minimum Gasteiger partial charge on any atom is -0.480 e. The first-order valence-electron chi connectivity index (χ1n) is 7.81. The molecular formula is C14H26N4O6S2. The van der Waals surface area contributed by atoms with Crippen molar-refractivity contribution in [2.24, 2.45) is 11.7 Å². The number of carbonyl (C=O) groups excluding carboxylic acids is 3. The van der Waals surface area contributed by atoms with E-state index < -0.39 is 54.5 Å². The SMILES string of the molecule is CC(C)C(NC(=O)C(N)CS)C(=O)NC(CS)C(=O)NC(CO)C(=O)O. The Labute approximate surface area is 162 Å². The Morgan fingerprint density at radius 3 is 1.85 bits per heavy atom. The van der Waals surface area contributed by atoms with Crippen LogP contribution in [0.1, 0.15) is 13.8 Å². The van der Waals surface area contributed by atoms with Gasteiger partial charge in [0, 0.05) is 11.5 Å². The average Bonchev–Trinajstić information content (AvgIpc) is 2.59. The number of thiol groups is 2. The Bertz CT molecular complexity index is 520. The number of rotatable bonds is 11. The lowest BCUT2D eigenvalue weighted by molar-refractivity contribution is -0.143. The van der Waals surface area contributed by atoms with Crippen molar-refractivity contribution in [3.8, 4) is 0 Å². The second-order valence-corrected chi connectivity index (χ2v) is 6.58. The molecule has 0 fully saturated rings. The van der Waals surface area contributed by atoms with Crippen LogP contribution in [0.25, 0.3) is 0 Å². The van der Waals surface area contributed by atoms with Crippen LogP contribution in [0.3, 0.4) is 0 Å². The molecule has 0 bridgehead atoms.